The number of likely N-dealkylation sites (tertiary alicyclic amines) is 2. The molecule has 0 N–H and O–H groups in total. The van der Waals surface area contributed by atoms with Crippen LogP contribution in [0.4, 0.5) is 0 Å². The van der Waals surface area contributed by atoms with Crippen LogP contribution in [0.15, 0.2) is 12.5 Å². The average Bonchev–Trinajstić information content (AvgIpc) is 3.57. The molecule has 2 aliphatic rings. The summed E-state index contributed by atoms with van der Waals surface area (Å²) in [4.78, 5) is 30.4. The van der Waals surface area contributed by atoms with Gasteiger partial charge in [0.05, 0.1) is 24.8 Å². The van der Waals surface area contributed by atoms with Crippen molar-refractivity contribution in [3.05, 3.63) is 18.2 Å². The molecule has 32 heavy (non-hydrogen) atoms. The molecule has 2 saturated heterocycles. The summed E-state index contributed by atoms with van der Waals surface area (Å²) in [5.41, 5.74) is 3.38. The van der Waals surface area contributed by atoms with Crippen molar-refractivity contribution in [1.29, 1.82) is 0 Å². The van der Waals surface area contributed by atoms with Crippen LogP contribution in [-0.4, -0.2) is 83.8 Å². The molecule has 0 radical (unpaired) electrons. The molecule has 3 aromatic heterocycles. The molecule has 2 fully saturated rings. The topological polar surface area (TPSA) is 94.2 Å². The molecule has 1 amide bonds. The first-order valence-corrected chi connectivity index (χ1v) is 11.4. The van der Waals surface area contributed by atoms with Gasteiger partial charge in [-0.3, -0.25) is 14.4 Å². The lowest BCUT2D eigenvalue weighted by molar-refractivity contribution is -0.131. The van der Waals surface area contributed by atoms with Crippen molar-refractivity contribution in [3.8, 4) is 17.3 Å². The zero-order valence-electron chi connectivity index (χ0n) is 19.0. The van der Waals surface area contributed by atoms with Gasteiger partial charge in [0.2, 0.25) is 11.8 Å². The standard InChI is InChI=1S/C22H30N8O2/c1-4-30-15(2)17(11-25-30)20-26-19-21(27(20)3)23-14-24-22(19)32-16-7-10-29(12-16)18(31)13-28-8-5-6-9-28/h11,14,16H,4-10,12-13H2,1-3H3/t16-/m0/s1. The van der Waals surface area contributed by atoms with Crippen LogP contribution in [0.2, 0.25) is 0 Å². The van der Waals surface area contributed by atoms with Crippen LogP contribution in [0.1, 0.15) is 31.9 Å². The van der Waals surface area contributed by atoms with Gasteiger partial charge in [0.15, 0.2) is 11.2 Å². The number of ether oxygens (including phenoxy) is 1. The number of nitrogens with zero attached hydrogens (tertiary/aromatic N) is 8. The van der Waals surface area contributed by atoms with Crippen LogP contribution < -0.4 is 4.74 Å². The van der Waals surface area contributed by atoms with Gasteiger partial charge in [0, 0.05) is 32.3 Å². The molecule has 5 heterocycles. The minimum atomic E-state index is -0.0920. The molecule has 3 aromatic rings. The van der Waals surface area contributed by atoms with E-state index in [1.54, 1.807) is 0 Å². The predicted molar refractivity (Wildman–Crippen MR) is 119 cm³/mol. The van der Waals surface area contributed by atoms with Crippen LogP contribution in [0, 0.1) is 6.92 Å². The summed E-state index contributed by atoms with van der Waals surface area (Å²) in [7, 11) is 1.94. The molecule has 1 atom stereocenters. The van der Waals surface area contributed by atoms with E-state index in [0.717, 1.165) is 43.1 Å². The first-order valence-electron chi connectivity index (χ1n) is 11.4. The van der Waals surface area contributed by atoms with E-state index in [1.807, 2.05) is 34.3 Å². The molecular weight excluding hydrogens is 408 g/mol. The summed E-state index contributed by atoms with van der Waals surface area (Å²) < 4.78 is 10.1. The second-order valence-electron chi connectivity index (χ2n) is 8.66. The monoisotopic (exact) mass is 438 g/mol. The quantitative estimate of drug-likeness (QED) is 0.577. The second-order valence-corrected chi connectivity index (χ2v) is 8.66. The maximum Gasteiger partial charge on any atom is 0.245 e. The molecule has 0 aliphatic carbocycles. The van der Waals surface area contributed by atoms with Gasteiger partial charge in [0.25, 0.3) is 0 Å². The maximum atomic E-state index is 12.7. The van der Waals surface area contributed by atoms with E-state index in [2.05, 4.69) is 26.9 Å². The molecule has 10 heteroatoms. The van der Waals surface area contributed by atoms with Crippen molar-refractivity contribution in [3.63, 3.8) is 0 Å². The Morgan fingerprint density at radius 1 is 1.22 bits per heavy atom. The highest BCUT2D eigenvalue weighted by molar-refractivity contribution is 5.81. The van der Waals surface area contributed by atoms with E-state index < -0.39 is 0 Å². The highest BCUT2D eigenvalue weighted by Crippen LogP contribution is 2.30. The van der Waals surface area contributed by atoms with E-state index in [9.17, 15) is 4.79 Å². The first kappa shape index (κ1) is 20.9. The normalized spacial score (nSPS) is 19.3. The van der Waals surface area contributed by atoms with Crippen molar-refractivity contribution in [2.45, 2.75) is 45.8 Å². The smallest absolute Gasteiger partial charge is 0.245 e. The van der Waals surface area contributed by atoms with E-state index in [4.69, 9.17) is 9.72 Å². The van der Waals surface area contributed by atoms with Crippen molar-refractivity contribution in [1.82, 2.24) is 39.1 Å². The van der Waals surface area contributed by atoms with Gasteiger partial charge in [-0.15, -0.1) is 0 Å². The highest BCUT2D eigenvalue weighted by Gasteiger charge is 2.30. The Kier molecular flexibility index (Phi) is 5.54. The number of hydrogen-bond donors (Lipinski definition) is 0. The fourth-order valence-electron chi connectivity index (χ4n) is 4.73. The maximum absolute atomic E-state index is 12.7. The Balaban J connectivity index is 1.34. The number of carbonyl (C=O) groups excluding carboxylic acids is 1. The second kappa shape index (κ2) is 8.50. The van der Waals surface area contributed by atoms with Crippen LogP contribution in [-0.2, 0) is 18.4 Å². The third-order valence-corrected chi connectivity index (χ3v) is 6.60. The number of fused-ring (bicyclic) bond motifs is 1. The molecule has 0 aromatic carbocycles. The minimum Gasteiger partial charge on any atom is -0.471 e. The number of rotatable bonds is 6. The number of imidazole rings is 1. The van der Waals surface area contributed by atoms with E-state index in [1.165, 1.54) is 19.2 Å². The lowest BCUT2D eigenvalue weighted by Crippen LogP contribution is -2.39. The van der Waals surface area contributed by atoms with Crippen molar-refractivity contribution < 1.29 is 9.53 Å². The Hall–Kier alpha value is -3.01. The largest absolute Gasteiger partial charge is 0.471 e. The summed E-state index contributed by atoms with van der Waals surface area (Å²) in [5.74, 6) is 1.45. The summed E-state index contributed by atoms with van der Waals surface area (Å²) >= 11 is 0. The summed E-state index contributed by atoms with van der Waals surface area (Å²) in [6.45, 7) is 8.78. The Morgan fingerprint density at radius 2 is 2.03 bits per heavy atom. The third-order valence-electron chi connectivity index (χ3n) is 6.60. The van der Waals surface area contributed by atoms with Crippen LogP contribution in [0.25, 0.3) is 22.6 Å². The van der Waals surface area contributed by atoms with Gasteiger partial charge in [-0.25, -0.2) is 9.97 Å². The SMILES string of the molecule is CCn1ncc(-c2nc3c(O[C@H]4CCN(C(=O)CN5CCCC5)C4)ncnc3n2C)c1C. The Labute approximate surface area is 187 Å². The van der Waals surface area contributed by atoms with Gasteiger partial charge >= 0.3 is 0 Å². The van der Waals surface area contributed by atoms with E-state index in [-0.39, 0.29) is 12.0 Å². The molecule has 0 spiro atoms. The van der Waals surface area contributed by atoms with Crippen LogP contribution >= 0.6 is 0 Å². The molecule has 10 nitrogen and oxygen atoms in total. The van der Waals surface area contributed by atoms with Crippen molar-refractivity contribution >= 4 is 17.1 Å². The van der Waals surface area contributed by atoms with Gasteiger partial charge in [-0.05, 0) is 39.8 Å². The third kappa shape index (κ3) is 3.72. The fraction of sp³-hybridized carbons (Fsp3) is 0.591. The molecule has 0 unspecified atom stereocenters. The average molecular weight is 439 g/mol. The van der Waals surface area contributed by atoms with Gasteiger partial charge < -0.3 is 14.2 Å². The Morgan fingerprint density at radius 3 is 2.78 bits per heavy atom. The number of aromatic nitrogens is 6. The lowest BCUT2D eigenvalue weighted by Gasteiger charge is -2.20. The summed E-state index contributed by atoms with van der Waals surface area (Å²) in [5, 5.41) is 4.44. The van der Waals surface area contributed by atoms with Crippen molar-refractivity contribution in [2.75, 3.05) is 32.7 Å². The summed E-state index contributed by atoms with van der Waals surface area (Å²) in [6.07, 6.45) is 6.43. The fourth-order valence-corrected chi connectivity index (χ4v) is 4.73. The van der Waals surface area contributed by atoms with Gasteiger partial charge in [-0.1, -0.05) is 0 Å². The zero-order chi connectivity index (χ0) is 22.2. The molecule has 0 saturated carbocycles. The highest BCUT2D eigenvalue weighted by atomic mass is 16.5. The van der Waals surface area contributed by atoms with Crippen molar-refractivity contribution in [2.24, 2.45) is 7.05 Å². The van der Waals surface area contributed by atoms with E-state index in [0.29, 0.717) is 36.7 Å². The Bertz CT molecular complexity index is 1130. The molecule has 0 bridgehead atoms. The molecular formula is C22H30N8O2. The lowest BCUT2D eigenvalue weighted by atomic mass is 10.2. The molecule has 170 valence electrons. The zero-order valence-corrected chi connectivity index (χ0v) is 19.0. The molecule has 2 aliphatic heterocycles. The predicted octanol–water partition coefficient (Wildman–Crippen LogP) is 1.63. The van der Waals surface area contributed by atoms with Gasteiger partial charge in [0.1, 0.15) is 18.3 Å². The first-order chi connectivity index (χ1) is 15.5. The number of amides is 1. The summed E-state index contributed by atoms with van der Waals surface area (Å²) in [6, 6.07) is 0. The number of aryl methyl sites for hydroxylation is 2. The minimum absolute atomic E-state index is 0.0920. The van der Waals surface area contributed by atoms with E-state index >= 15 is 0 Å². The number of hydrogen-bond acceptors (Lipinski definition) is 7. The van der Waals surface area contributed by atoms with Crippen LogP contribution in [0.5, 0.6) is 5.88 Å². The number of carbonyl (C=O) groups is 1. The molecule has 5 rings (SSSR count). The van der Waals surface area contributed by atoms with Crippen LogP contribution in [0.3, 0.4) is 0 Å². The van der Waals surface area contributed by atoms with Gasteiger partial charge in [-0.2, -0.15) is 10.1 Å².